The molecule has 1 amide bonds. The molecule has 2 aromatic heterocycles. The number of morpholine rings is 1. The van der Waals surface area contributed by atoms with Crippen LogP contribution in [-0.2, 0) is 22.6 Å². The lowest BCUT2D eigenvalue weighted by molar-refractivity contribution is -0.113. The van der Waals surface area contributed by atoms with Crippen LogP contribution >= 0.6 is 23.1 Å². The van der Waals surface area contributed by atoms with E-state index in [1.165, 1.54) is 23.1 Å². The van der Waals surface area contributed by atoms with E-state index in [2.05, 4.69) is 42.1 Å². The van der Waals surface area contributed by atoms with Gasteiger partial charge in [-0.05, 0) is 31.2 Å². The number of nitrogens with one attached hydrogen (secondary N) is 1. The SMILES string of the molecule is CCn1c(CN2CCOCC2)nnc1SCC(=O)Nc1nnc(-c2ccc(OC)cc2)s1. The predicted molar refractivity (Wildman–Crippen MR) is 123 cm³/mol. The molecule has 3 heterocycles. The van der Waals surface area contributed by atoms with Crippen LogP contribution in [0.4, 0.5) is 5.13 Å². The van der Waals surface area contributed by atoms with Crippen LogP contribution in [0.1, 0.15) is 12.7 Å². The van der Waals surface area contributed by atoms with E-state index in [0.717, 1.165) is 66.7 Å². The fraction of sp³-hybridized carbons (Fsp3) is 0.450. The van der Waals surface area contributed by atoms with Crippen molar-refractivity contribution >= 4 is 34.1 Å². The Morgan fingerprint density at radius 1 is 1.19 bits per heavy atom. The first-order chi connectivity index (χ1) is 15.7. The molecule has 4 rings (SSSR count). The average Bonchev–Trinajstić information content (AvgIpc) is 3.45. The highest BCUT2D eigenvalue weighted by atomic mass is 32.2. The number of thioether (sulfide) groups is 1. The molecule has 0 atom stereocenters. The van der Waals surface area contributed by atoms with Crippen LogP contribution in [0.3, 0.4) is 0 Å². The molecule has 0 saturated carbocycles. The van der Waals surface area contributed by atoms with Crippen LogP contribution in [0.25, 0.3) is 10.6 Å². The summed E-state index contributed by atoms with van der Waals surface area (Å²) < 4.78 is 12.6. The number of benzene rings is 1. The van der Waals surface area contributed by atoms with Gasteiger partial charge in [-0.2, -0.15) is 0 Å². The molecule has 1 aromatic carbocycles. The number of methoxy groups -OCH3 is 1. The second-order valence-electron chi connectivity index (χ2n) is 7.01. The Labute approximate surface area is 194 Å². The van der Waals surface area contributed by atoms with E-state index in [1.807, 2.05) is 24.3 Å². The molecule has 10 nitrogen and oxygen atoms in total. The van der Waals surface area contributed by atoms with Crippen molar-refractivity contribution in [2.75, 3.05) is 44.5 Å². The van der Waals surface area contributed by atoms with Crippen LogP contribution in [0.2, 0.25) is 0 Å². The van der Waals surface area contributed by atoms with E-state index in [9.17, 15) is 4.79 Å². The van der Waals surface area contributed by atoms with Crippen LogP contribution in [0, 0.1) is 0 Å². The van der Waals surface area contributed by atoms with Crippen molar-refractivity contribution in [3.63, 3.8) is 0 Å². The molecular weight excluding hydrogens is 450 g/mol. The monoisotopic (exact) mass is 475 g/mol. The summed E-state index contributed by atoms with van der Waals surface area (Å²) in [5, 5.41) is 21.6. The number of anilines is 1. The van der Waals surface area contributed by atoms with Gasteiger partial charge in [-0.3, -0.25) is 15.0 Å². The number of carbonyl (C=O) groups excluding carboxylic acids is 1. The highest BCUT2D eigenvalue weighted by Gasteiger charge is 2.18. The summed E-state index contributed by atoms with van der Waals surface area (Å²) in [4.78, 5) is 14.8. The standard InChI is InChI=1S/C20H25N7O3S2/c1-3-27-16(12-26-8-10-30-11-9-26)22-25-20(27)31-13-17(28)21-19-24-23-18(32-19)14-4-6-15(29-2)7-5-14/h4-7H,3,8-13H2,1-2H3,(H,21,24,28). The highest BCUT2D eigenvalue weighted by molar-refractivity contribution is 7.99. The van der Waals surface area contributed by atoms with Crippen molar-refractivity contribution in [2.45, 2.75) is 25.2 Å². The van der Waals surface area contributed by atoms with Crippen molar-refractivity contribution in [3.8, 4) is 16.3 Å². The fourth-order valence-corrected chi connectivity index (χ4v) is 4.82. The molecular formula is C20H25N7O3S2. The summed E-state index contributed by atoms with van der Waals surface area (Å²) >= 11 is 2.69. The van der Waals surface area contributed by atoms with E-state index in [-0.39, 0.29) is 11.7 Å². The van der Waals surface area contributed by atoms with E-state index < -0.39 is 0 Å². The molecule has 1 fully saturated rings. The summed E-state index contributed by atoms with van der Waals surface area (Å²) in [6.07, 6.45) is 0. The Bertz CT molecular complexity index is 1030. The van der Waals surface area contributed by atoms with Gasteiger partial charge in [0.1, 0.15) is 16.6 Å². The van der Waals surface area contributed by atoms with Gasteiger partial charge in [-0.15, -0.1) is 20.4 Å². The molecule has 12 heteroatoms. The van der Waals surface area contributed by atoms with E-state index in [1.54, 1.807) is 7.11 Å². The third kappa shape index (κ3) is 5.63. The van der Waals surface area contributed by atoms with Gasteiger partial charge in [0, 0.05) is 25.2 Å². The Morgan fingerprint density at radius 2 is 1.97 bits per heavy atom. The lowest BCUT2D eigenvalue weighted by Gasteiger charge is -2.26. The van der Waals surface area contributed by atoms with E-state index >= 15 is 0 Å². The topological polar surface area (TPSA) is 107 Å². The minimum Gasteiger partial charge on any atom is -0.497 e. The molecule has 1 aliphatic heterocycles. The second-order valence-corrected chi connectivity index (χ2v) is 8.93. The third-order valence-corrected chi connectivity index (χ3v) is 6.77. The van der Waals surface area contributed by atoms with E-state index in [4.69, 9.17) is 9.47 Å². The number of aromatic nitrogens is 5. The fourth-order valence-electron chi connectivity index (χ4n) is 3.23. The molecule has 170 valence electrons. The Balaban J connectivity index is 1.31. The van der Waals surface area contributed by atoms with Gasteiger partial charge in [-0.1, -0.05) is 23.1 Å². The summed E-state index contributed by atoms with van der Waals surface area (Å²) in [6, 6.07) is 7.55. The Kier molecular flexibility index (Phi) is 7.68. The number of nitrogens with zero attached hydrogens (tertiary/aromatic N) is 6. The molecule has 1 saturated heterocycles. The quantitative estimate of drug-likeness (QED) is 0.467. The Hall–Kier alpha value is -2.54. The smallest absolute Gasteiger partial charge is 0.236 e. The van der Waals surface area contributed by atoms with Crippen molar-refractivity contribution in [3.05, 3.63) is 30.1 Å². The summed E-state index contributed by atoms with van der Waals surface area (Å²) in [7, 11) is 1.62. The molecule has 0 unspecified atom stereocenters. The second kappa shape index (κ2) is 10.9. The van der Waals surface area contributed by atoms with Crippen molar-refractivity contribution in [1.82, 2.24) is 29.9 Å². The van der Waals surface area contributed by atoms with Gasteiger partial charge < -0.3 is 14.0 Å². The minimum absolute atomic E-state index is 0.159. The zero-order chi connectivity index (χ0) is 22.3. The number of ether oxygens (including phenoxy) is 2. The van der Waals surface area contributed by atoms with Gasteiger partial charge in [0.25, 0.3) is 0 Å². The number of rotatable bonds is 9. The lowest BCUT2D eigenvalue weighted by atomic mass is 10.2. The number of amides is 1. The summed E-state index contributed by atoms with van der Waals surface area (Å²) in [5.41, 5.74) is 0.919. The molecule has 1 N–H and O–H groups in total. The van der Waals surface area contributed by atoms with Crippen molar-refractivity contribution < 1.29 is 14.3 Å². The van der Waals surface area contributed by atoms with Gasteiger partial charge in [0.05, 0.1) is 32.6 Å². The first kappa shape index (κ1) is 22.6. The van der Waals surface area contributed by atoms with Crippen LogP contribution in [0.15, 0.2) is 29.4 Å². The molecule has 0 bridgehead atoms. The van der Waals surface area contributed by atoms with Crippen LogP contribution < -0.4 is 10.1 Å². The summed E-state index contributed by atoms with van der Waals surface area (Å²) in [6.45, 7) is 6.80. The number of carbonyl (C=O) groups is 1. The van der Waals surface area contributed by atoms with Gasteiger partial charge in [-0.25, -0.2) is 0 Å². The largest absolute Gasteiger partial charge is 0.497 e. The van der Waals surface area contributed by atoms with Crippen molar-refractivity contribution in [1.29, 1.82) is 0 Å². The number of hydrogen-bond acceptors (Lipinski definition) is 10. The molecule has 3 aromatic rings. The minimum atomic E-state index is -0.159. The average molecular weight is 476 g/mol. The normalized spacial score (nSPS) is 14.4. The zero-order valence-electron chi connectivity index (χ0n) is 18.0. The zero-order valence-corrected chi connectivity index (χ0v) is 19.6. The maximum atomic E-state index is 12.4. The molecule has 0 aliphatic carbocycles. The van der Waals surface area contributed by atoms with Gasteiger partial charge in [0.2, 0.25) is 11.0 Å². The third-order valence-electron chi connectivity index (χ3n) is 4.92. The first-order valence-corrected chi connectivity index (χ1v) is 12.1. The predicted octanol–water partition coefficient (Wildman–Crippen LogP) is 2.39. The molecule has 32 heavy (non-hydrogen) atoms. The molecule has 1 aliphatic rings. The van der Waals surface area contributed by atoms with Crippen LogP contribution in [-0.4, -0.2) is 74.9 Å². The van der Waals surface area contributed by atoms with Gasteiger partial charge in [0.15, 0.2) is 5.16 Å². The van der Waals surface area contributed by atoms with Crippen molar-refractivity contribution in [2.24, 2.45) is 0 Å². The molecule has 0 spiro atoms. The maximum absolute atomic E-state index is 12.4. The highest BCUT2D eigenvalue weighted by Crippen LogP contribution is 2.28. The summed E-state index contributed by atoms with van der Waals surface area (Å²) in [5.74, 6) is 1.74. The Morgan fingerprint density at radius 3 is 2.69 bits per heavy atom. The van der Waals surface area contributed by atoms with Crippen LogP contribution in [0.5, 0.6) is 5.75 Å². The van der Waals surface area contributed by atoms with E-state index in [0.29, 0.717) is 5.13 Å². The number of hydrogen-bond donors (Lipinski definition) is 1. The van der Waals surface area contributed by atoms with Gasteiger partial charge >= 0.3 is 0 Å². The first-order valence-electron chi connectivity index (χ1n) is 10.3. The molecule has 0 radical (unpaired) electrons. The lowest BCUT2D eigenvalue weighted by Crippen LogP contribution is -2.36. The maximum Gasteiger partial charge on any atom is 0.236 e.